The highest BCUT2D eigenvalue weighted by Crippen LogP contribution is 2.37. The van der Waals surface area contributed by atoms with Crippen LogP contribution in [0.4, 0.5) is 18.9 Å². The average molecular weight is 420 g/mol. The van der Waals surface area contributed by atoms with E-state index < -0.39 is 11.9 Å². The summed E-state index contributed by atoms with van der Waals surface area (Å²) in [6.07, 6.45) is 3.66. The molecule has 1 atom stereocenters. The Labute approximate surface area is 174 Å². The summed E-state index contributed by atoms with van der Waals surface area (Å²) in [4.78, 5) is 12.6. The maximum Gasteiger partial charge on any atom is 0.433 e. The molecule has 4 heterocycles. The van der Waals surface area contributed by atoms with Gasteiger partial charge in [-0.2, -0.15) is 13.2 Å². The fourth-order valence-corrected chi connectivity index (χ4v) is 4.59. The number of hydrogen-bond acceptors (Lipinski definition) is 5. The van der Waals surface area contributed by atoms with E-state index in [-0.39, 0.29) is 6.04 Å². The van der Waals surface area contributed by atoms with E-state index in [1.807, 2.05) is 12.3 Å². The second kappa shape index (κ2) is 9.31. The maximum absolute atomic E-state index is 12.8. The maximum atomic E-state index is 12.8. The third kappa shape index (κ3) is 4.92. The van der Waals surface area contributed by atoms with Crippen LogP contribution in [0.2, 0.25) is 0 Å². The average Bonchev–Trinajstić information content (AvgIpc) is 3.04. The topological polar surface area (TPSA) is 41.5 Å². The van der Waals surface area contributed by atoms with Gasteiger partial charge in [-0.25, -0.2) is 4.98 Å². The smallest absolute Gasteiger partial charge is 0.380 e. The molecule has 2 aromatic heterocycles. The van der Waals surface area contributed by atoms with E-state index in [1.165, 1.54) is 17.8 Å². The first-order chi connectivity index (χ1) is 14.5. The SMILES string of the molecule is FC(F)(F)c1ccc(N2CCC(C(c3cccnc3)N3CCCOCC3)CC2)cn1. The number of pyridine rings is 2. The number of hydrogen-bond donors (Lipinski definition) is 0. The van der Waals surface area contributed by atoms with E-state index in [0.29, 0.717) is 5.92 Å². The quantitative estimate of drug-likeness (QED) is 0.743. The van der Waals surface area contributed by atoms with E-state index in [4.69, 9.17) is 4.74 Å². The fraction of sp³-hybridized carbons (Fsp3) is 0.545. The monoisotopic (exact) mass is 420 g/mol. The summed E-state index contributed by atoms with van der Waals surface area (Å²) in [5.74, 6) is 0.464. The molecule has 0 aromatic carbocycles. The predicted octanol–water partition coefficient (Wildman–Crippen LogP) is 4.18. The predicted molar refractivity (Wildman–Crippen MR) is 108 cm³/mol. The molecule has 2 fully saturated rings. The van der Waals surface area contributed by atoms with Gasteiger partial charge < -0.3 is 9.64 Å². The van der Waals surface area contributed by atoms with Crippen LogP contribution in [0, 0.1) is 5.92 Å². The van der Waals surface area contributed by atoms with Gasteiger partial charge in [0.15, 0.2) is 0 Å². The number of piperidine rings is 1. The number of aromatic nitrogens is 2. The van der Waals surface area contributed by atoms with Gasteiger partial charge in [0.2, 0.25) is 0 Å². The van der Waals surface area contributed by atoms with Gasteiger partial charge in [-0.15, -0.1) is 0 Å². The van der Waals surface area contributed by atoms with Crippen molar-refractivity contribution in [3.63, 3.8) is 0 Å². The number of ether oxygens (including phenoxy) is 1. The third-order valence-corrected chi connectivity index (χ3v) is 6.07. The fourth-order valence-electron chi connectivity index (χ4n) is 4.59. The van der Waals surface area contributed by atoms with Crippen LogP contribution in [0.3, 0.4) is 0 Å². The molecule has 5 nitrogen and oxygen atoms in total. The Kier molecular flexibility index (Phi) is 6.53. The van der Waals surface area contributed by atoms with Gasteiger partial charge in [0, 0.05) is 51.2 Å². The van der Waals surface area contributed by atoms with Gasteiger partial charge >= 0.3 is 6.18 Å². The Balaban J connectivity index is 1.46. The molecule has 162 valence electrons. The molecule has 0 spiro atoms. The summed E-state index contributed by atoms with van der Waals surface area (Å²) in [6.45, 7) is 5.06. The van der Waals surface area contributed by atoms with E-state index >= 15 is 0 Å². The van der Waals surface area contributed by atoms with Crippen molar-refractivity contribution in [3.05, 3.63) is 54.1 Å². The lowest BCUT2D eigenvalue weighted by atomic mass is 9.84. The molecule has 8 heteroatoms. The molecule has 2 saturated heterocycles. The highest BCUT2D eigenvalue weighted by Gasteiger charge is 2.34. The zero-order valence-corrected chi connectivity index (χ0v) is 16.9. The minimum Gasteiger partial charge on any atom is -0.380 e. The molecule has 0 aliphatic carbocycles. The normalized spacial score (nSPS) is 20.7. The van der Waals surface area contributed by atoms with Crippen molar-refractivity contribution in [3.8, 4) is 0 Å². The van der Waals surface area contributed by atoms with Crippen LogP contribution in [0.1, 0.15) is 36.6 Å². The molecule has 0 radical (unpaired) electrons. The van der Waals surface area contributed by atoms with Gasteiger partial charge in [-0.3, -0.25) is 9.88 Å². The summed E-state index contributed by atoms with van der Waals surface area (Å²) in [5, 5.41) is 0. The van der Waals surface area contributed by atoms with E-state index in [0.717, 1.165) is 70.4 Å². The highest BCUT2D eigenvalue weighted by atomic mass is 19.4. The second-order valence-corrected chi connectivity index (χ2v) is 7.96. The summed E-state index contributed by atoms with van der Waals surface area (Å²) < 4.78 is 44.0. The molecule has 0 amide bonds. The van der Waals surface area contributed by atoms with E-state index in [1.54, 1.807) is 6.20 Å². The zero-order valence-electron chi connectivity index (χ0n) is 16.9. The lowest BCUT2D eigenvalue weighted by molar-refractivity contribution is -0.141. The van der Waals surface area contributed by atoms with Crippen LogP contribution < -0.4 is 4.90 Å². The van der Waals surface area contributed by atoms with E-state index in [2.05, 4.69) is 25.8 Å². The van der Waals surface area contributed by atoms with Crippen molar-refractivity contribution in [2.24, 2.45) is 5.92 Å². The van der Waals surface area contributed by atoms with Crippen LogP contribution in [0.5, 0.6) is 0 Å². The Bertz CT molecular complexity index is 784. The van der Waals surface area contributed by atoms with Crippen LogP contribution in [-0.4, -0.2) is 54.3 Å². The Morgan fingerprint density at radius 2 is 1.83 bits per heavy atom. The number of nitrogens with zero attached hydrogens (tertiary/aromatic N) is 4. The minimum absolute atomic E-state index is 0.285. The standard InChI is InChI=1S/C22H27F3N4O/c23-22(24,25)20-5-4-19(16-27-20)28-10-6-17(7-11-28)21(18-3-1-8-26-15-18)29-9-2-13-30-14-12-29/h1,3-5,8,15-17,21H,2,6-7,9-14H2. The number of rotatable bonds is 4. The van der Waals surface area contributed by atoms with Gasteiger partial charge in [-0.05, 0) is 48.9 Å². The second-order valence-electron chi connectivity index (χ2n) is 7.96. The van der Waals surface area contributed by atoms with Gasteiger partial charge in [-0.1, -0.05) is 6.07 Å². The molecular weight excluding hydrogens is 393 g/mol. The summed E-state index contributed by atoms with van der Waals surface area (Å²) >= 11 is 0. The van der Waals surface area contributed by atoms with Crippen LogP contribution in [0.25, 0.3) is 0 Å². The number of alkyl halides is 3. The summed E-state index contributed by atoms with van der Waals surface area (Å²) in [6, 6.07) is 7.01. The van der Waals surface area contributed by atoms with Crippen LogP contribution in [-0.2, 0) is 10.9 Å². The van der Waals surface area contributed by atoms with Gasteiger partial charge in [0.1, 0.15) is 5.69 Å². The lowest BCUT2D eigenvalue weighted by Gasteiger charge is -2.41. The first-order valence-electron chi connectivity index (χ1n) is 10.5. The number of anilines is 1. The molecule has 0 N–H and O–H groups in total. The Hall–Kier alpha value is -2.19. The molecule has 0 bridgehead atoms. The van der Waals surface area contributed by atoms with Gasteiger partial charge in [0.05, 0.1) is 18.5 Å². The van der Waals surface area contributed by atoms with E-state index in [9.17, 15) is 13.2 Å². The Morgan fingerprint density at radius 1 is 1.00 bits per heavy atom. The number of halogens is 3. The first kappa shape index (κ1) is 21.1. The van der Waals surface area contributed by atoms with Crippen molar-refractivity contribution >= 4 is 5.69 Å². The Morgan fingerprint density at radius 3 is 2.50 bits per heavy atom. The van der Waals surface area contributed by atoms with Crippen molar-refractivity contribution in [1.82, 2.24) is 14.9 Å². The first-order valence-corrected chi connectivity index (χ1v) is 10.5. The summed E-state index contributed by atoms with van der Waals surface area (Å²) in [7, 11) is 0. The van der Waals surface area contributed by atoms with Crippen LogP contribution >= 0.6 is 0 Å². The molecule has 30 heavy (non-hydrogen) atoms. The largest absolute Gasteiger partial charge is 0.433 e. The summed E-state index contributed by atoms with van der Waals surface area (Å²) in [5.41, 5.74) is 1.14. The van der Waals surface area contributed by atoms with Crippen molar-refractivity contribution in [2.45, 2.75) is 31.5 Å². The zero-order chi connectivity index (χ0) is 21.0. The van der Waals surface area contributed by atoms with Crippen LogP contribution in [0.15, 0.2) is 42.9 Å². The molecular formula is C22H27F3N4O. The molecule has 2 aliphatic rings. The van der Waals surface area contributed by atoms with Gasteiger partial charge in [0.25, 0.3) is 0 Å². The van der Waals surface area contributed by atoms with Crippen molar-refractivity contribution in [2.75, 3.05) is 44.3 Å². The molecule has 2 aliphatic heterocycles. The molecule has 2 aromatic rings. The molecule has 0 saturated carbocycles. The third-order valence-electron chi connectivity index (χ3n) is 6.07. The van der Waals surface area contributed by atoms with Crippen molar-refractivity contribution < 1.29 is 17.9 Å². The lowest BCUT2D eigenvalue weighted by Crippen LogP contribution is -2.42. The highest BCUT2D eigenvalue weighted by molar-refractivity contribution is 5.45. The molecule has 4 rings (SSSR count). The van der Waals surface area contributed by atoms with Crippen molar-refractivity contribution in [1.29, 1.82) is 0 Å². The molecule has 1 unspecified atom stereocenters. The minimum atomic E-state index is -4.40.